The number of carbonyl (C=O) groups excluding carboxylic acids is 1. The highest BCUT2D eigenvalue weighted by atomic mass is 19.1. The molecule has 1 heterocycles. The molecular weight excluding hydrogens is 317 g/mol. The van der Waals surface area contributed by atoms with Gasteiger partial charge in [0.1, 0.15) is 11.9 Å². The number of nitrogens with zero attached hydrogens (tertiary/aromatic N) is 1. The molecule has 3 rings (SSSR count). The van der Waals surface area contributed by atoms with Crippen LogP contribution in [0.2, 0.25) is 0 Å². The minimum absolute atomic E-state index is 0.204. The van der Waals surface area contributed by atoms with Crippen LogP contribution in [0, 0.1) is 5.82 Å². The van der Waals surface area contributed by atoms with Gasteiger partial charge in [0.25, 0.3) is 0 Å². The molecule has 132 valence electrons. The first-order valence-electron chi connectivity index (χ1n) is 8.69. The van der Waals surface area contributed by atoms with Gasteiger partial charge in [-0.15, -0.1) is 0 Å². The van der Waals surface area contributed by atoms with Gasteiger partial charge in [-0.25, -0.2) is 4.39 Å². The summed E-state index contributed by atoms with van der Waals surface area (Å²) in [6, 6.07) is 16.1. The predicted molar refractivity (Wildman–Crippen MR) is 96.2 cm³/mol. The molecular formula is C20H24FN3O. The number of rotatable bonds is 6. The molecule has 5 heteroatoms. The van der Waals surface area contributed by atoms with Crippen molar-refractivity contribution in [2.24, 2.45) is 5.73 Å². The van der Waals surface area contributed by atoms with Crippen molar-refractivity contribution in [1.29, 1.82) is 0 Å². The monoisotopic (exact) mass is 341 g/mol. The molecule has 2 aromatic carbocycles. The summed E-state index contributed by atoms with van der Waals surface area (Å²) in [4.78, 5) is 14.2. The Morgan fingerprint density at radius 2 is 1.76 bits per heavy atom. The smallest absolute Gasteiger partial charge is 0.239 e. The molecule has 1 aliphatic heterocycles. The van der Waals surface area contributed by atoms with Crippen LogP contribution >= 0.6 is 0 Å². The van der Waals surface area contributed by atoms with E-state index in [1.807, 2.05) is 42.5 Å². The SMILES string of the molecule is NC(=O)[C@H](NC1CCN(Cc2ccc(F)cc2)CC1)c1ccccc1. The lowest BCUT2D eigenvalue weighted by Gasteiger charge is -2.34. The summed E-state index contributed by atoms with van der Waals surface area (Å²) in [5, 5.41) is 3.41. The van der Waals surface area contributed by atoms with Crippen LogP contribution in [0.25, 0.3) is 0 Å². The van der Waals surface area contributed by atoms with Gasteiger partial charge in [0.05, 0.1) is 0 Å². The number of piperidine rings is 1. The number of likely N-dealkylation sites (tertiary alicyclic amines) is 1. The van der Waals surface area contributed by atoms with E-state index >= 15 is 0 Å². The molecule has 1 saturated heterocycles. The van der Waals surface area contributed by atoms with E-state index in [1.165, 1.54) is 12.1 Å². The molecule has 0 unspecified atom stereocenters. The molecule has 0 aromatic heterocycles. The minimum atomic E-state index is -0.449. The maximum Gasteiger partial charge on any atom is 0.239 e. The number of nitrogens with two attached hydrogens (primary N) is 1. The van der Waals surface area contributed by atoms with E-state index in [9.17, 15) is 9.18 Å². The highest BCUT2D eigenvalue weighted by molar-refractivity contribution is 5.81. The van der Waals surface area contributed by atoms with Crippen LogP contribution < -0.4 is 11.1 Å². The minimum Gasteiger partial charge on any atom is -0.368 e. The third-order valence-electron chi connectivity index (χ3n) is 4.73. The van der Waals surface area contributed by atoms with Gasteiger partial charge in [0.2, 0.25) is 5.91 Å². The molecule has 0 saturated carbocycles. The Labute approximate surface area is 147 Å². The molecule has 25 heavy (non-hydrogen) atoms. The summed E-state index contributed by atoms with van der Waals surface area (Å²) in [7, 11) is 0. The fourth-order valence-corrected chi connectivity index (χ4v) is 3.33. The van der Waals surface area contributed by atoms with Gasteiger partial charge < -0.3 is 5.73 Å². The number of benzene rings is 2. The van der Waals surface area contributed by atoms with Crippen molar-refractivity contribution >= 4 is 5.91 Å². The van der Waals surface area contributed by atoms with E-state index in [1.54, 1.807) is 0 Å². The van der Waals surface area contributed by atoms with Crippen molar-refractivity contribution in [3.8, 4) is 0 Å². The van der Waals surface area contributed by atoms with Crippen molar-refractivity contribution in [2.45, 2.75) is 31.5 Å². The number of hydrogen-bond donors (Lipinski definition) is 2. The molecule has 0 aliphatic carbocycles. The lowest BCUT2D eigenvalue weighted by atomic mass is 10.00. The molecule has 0 bridgehead atoms. The second-order valence-electron chi connectivity index (χ2n) is 6.59. The van der Waals surface area contributed by atoms with Gasteiger partial charge in [-0.05, 0) is 49.2 Å². The number of amides is 1. The van der Waals surface area contributed by atoms with E-state index < -0.39 is 6.04 Å². The van der Waals surface area contributed by atoms with Gasteiger partial charge >= 0.3 is 0 Å². The summed E-state index contributed by atoms with van der Waals surface area (Å²) in [5.41, 5.74) is 7.61. The molecule has 1 fully saturated rings. The Balaban J connectivity index is 1.53. The van der Waals surface area contributed by atoms with Crippen LogP contribution in [0.15, 0.2) is 54.6 Å². The van der Waals surface area contributed by atoms with Crippen LogP contribution in [0.5, 0.6) is 0 Å². The Morgan fingerprint density at radius 1 is 1.12 bits per heavy atom. The predicted octanol–water partition coefficient (Wildman–Crippen LogP) is 2.61. The van der Waals surface area contributed by atoms with Crippen LogP contribution in [-0.2, 0) is 11.3 Å². The molecule has 0 spiro atoms. The van der Waals surface area contributed by atoms with Gasteiger partial charge in [0, 0.05) is 12.6 Å². The fourth-order valence-electron chi connectivity index (χ4n) is 3.33. The maximum atomic E-state index is 13.0. The molecule has 3 N–H and O–H groups in total. The first-order chi connectivity index (χ1) is 12.1. The quantitative estimate of drug-likeness (QED) is 0.849. The number of carbonyl (C=O) groups is 1. The summed E-state index contributed by atoms with van der Waals surface area (Å²) in [6.45, 7) is 2.70. The van der Waals surface area contributed by atoms with Crippen molar-refractivity contribution in [3.05, 3.63) is 71.5 Å². The summed E-state index contributed by atoms with van der Waals surface area (Å²) in [6.07, 6.45) is 1.91. The zero-order chi connectivity index (χ0) is 17.6. The van der Waals surface area contributed by atoms with Crippen LogP contribution in [0.4, 0.5) is 4.39 Å². The number of hydrogen-bond acceptors (Lipinski definition) is 3. The molecule has 4 nitrogen and oxygen atoms in total. The van der Waals surface area contributed by atoms with Crippen LogP contribution in [0.3, 0.4) is 0 Å². The van der Waals surface area contributed by atoms with E-state index in [0.29, 0.717) is 0 Å². The van der Waals surface area contributed by atoms with Crippen molar-refractivity contribution in [1.82, 2.24) is 10.2 Å². The van der Waals surface area contributed by atoms with Crippen molar-refractivity contribution < 1.29 is 9.18 Å². The topological polar surface area (TPSA) is 58.4 Å². The van der Waals surface area contributed by atoms with E-state index in [-0.39, 0.29) is 17.8 Å². The lowest BCUT2D eigenvalue weighted by Crippen LogP contribution is -2.46. The highest BCUT2D eigenvalue weighted by Gasteiger charge is 2.25. The first kappa shape index (κ1) is 17.6. The number of halogens is 1. The van der Waals surface area contributed by atoms with E-state index in [2.05, 4.69) is 10.2 Å². The van der Waals surface area contributed by atoms with E-state index in [4.69, 9.17) is 5.73 Å². The summed E-state index contributed by atoms with van der Waals surface area (Å²) in [5.74, 6) is -0.551. The van der Waals surface area contributed by atoms with Crippen LogP contribution in [-0.4, -0.2) is 29.9 Å². The molecule has 1 amide bonds. The zero-order valence-corrected chi connectivity index (χ0v) is 14.2. The van der Waals surface area contributed by atoms with Crippen molar-refractivity contribution in [3.63, 3.8) is 0 Å². The third kappa shape index (κ3) is 4.87. The molecule has 2 aromatic rings. The van der Waals surface area contributed by atoms with Crippen molar-refractivity contribution in [2.75, 3.05) is 13.1 Å². The Hall–Kier alpha value is -2.24. The normalized spacial score (nSPS) is 17.3. The number of nitrogens with one attached hydrogen (secondary N) is 1. The summed E-state index contributed by atoms with van der Waals surface area (Å²) < 4.78 is 13.0. The largest absolute Gasteiger partial charge is 0.368 e. The third-order valence-corrected chi connectivity index (χ3v) is 4.73. The fraction of sp³-hybridized carbons (Fsp3) is 0.350. The second-order valence-corrected chi connectivity index (χ2v) is 6.59. The molecule has 1 aliphatic rings. The number of primary amides is 1. The standard InChI is InChI=1S/C20H24FN3O/c21-17-8-6-15(7-9-17)14-24-12-10-18(11-13-24)23-19(20(22)25)16-4-2-1-3-5-16/h1-9,18-19,23H,10-14H2,(H2,22,25)/t19-/m1/s1. The van der Waals surface area contributed by atoms with Gasteiger partial charge in [0.15, 0.2) is 0 Å². The second kappa shape index (κ2) is 8.23. The lowest BCUT2D eigenvalue weighted by molar-refractivity contribution is -0.120. The average Bonchev–Trinajstić information content (AvgIpc) is 2.63. The Kier molecular flexibility index (Phi) is 5.79. The van der Waals surface area contributed by atoms with Crippen LogP contribution in [0.1, 0.15) is 30.0 Å². The van der Waals surface area contributed by atoms with Gasteiger partial charge in [-0.1, -0.05) is 42.5 Å². The molecule has 1 atom stereocenters. The Morgan fingerprint density at radius 3 is 2.36 bits per heavy atom. The zero-order valence-electron chi connectivity index (χ0n) is 14.2. The highest BCUT2D eigenvalue weighted by Crippen LogP contribution is 2.19. The van der Waals surface area contributed by atoms with Gasteiger partial charge in [-0.3, -0.25) is 15.0 Å². The van der Waals surface area contributed by atoms with Gasteiger partial charge in [-0.2, -0.15) is 0 Å². The Bertz CT molecular complexity index is 682. The van der Waals surface area contributed by atoms with E-state index in [0.717, 1.165) is 43.6 Å². The molecule has 0 radical (unpaired) electrons. The summed E-state index contributed by atoms with van der Waals surface area (Å²) >= 11 is 0. The first-order valence-corrected chi connectivity index (χ1v) is 8.69. The maximum absolute atomic E-state index is 13.0. The average molecular weight is 341 g/mol.